The lowest BCUT2D eigenvalue weighted by Gasteiger charge is -2.23. The predicted octanol–water partition coefficient (Wildman–Crippen LogP) is 3.11. The highest BCUT2D eigenvalue weighted by Crippen LogP contribution is 2.30. The van der Waals surface area contributed by atoms with Gasteiger partial charge in [-0.3, -0.25) is 14.3 Å². The predicted molar refractivity (Wildman–Crippen MR) is 143 cm³/mol. The molecule has 0 radical (unpaired) electrons. The fourth-order valence-electron chi connectivity index (χ4n) is 3.79. The van der Waals surface area contributed by atoms with Gasteiger partial charge in [0, 0.05) is 34.3 Å². The van der Waals surface area contributed by atoms with Crippen LogP contribution in [0.2, 0.25) is 0 Å². The van der Waals surface area contributed by atoms with Crippen molar-refractivity contribution in [3.63, 3.8) is 0 Å². The molecule has 3 aromatic rings. The molecule has 0 saturated heterocycles. The first kappa shape index (κ1) is 29.1. The van der Waals surface area contributed by atoms with Crippen LogP contribution in [0, 0.1) is 19.8 Å². The first-order chi connectivity index (χ1) is 18.2. The lowest BCUT2D eigenvalue weighted by Crippen LogP contribution is -2.33. The largest absolute Gasteiger partial charge is 0.496 e. The first-order valence-corrected chi connectivity index (χ1v) is 13.6. The van der Waals surface area contributed by atoms with Gasteiger partial charge in [-0.25, -0.2) is 18.9 Å². The Morgan fingerprint density at radius 2 is 1.87 bits per heavy atom. The first-order valence-electron chi connectivity index (χ1n) is 11.7. The molecule has 0 saturated carbocycles. The summed E-state index contributed by atoms with van der Waals surface area (Å²) >= 11 is -0.478. The van der Waals surface area contributed by atoms with Crippen LogP contribution in [0.15, 0.2) is 30.5 Å². The molecule has 38 heavy (non-hydrogen) atoms. The summed E-state index contributed by atoms with van der Waals surface area (Å²) in [5, 5.41) is 0.523. The number of amides is 2. The number of rotatable bonds is 12. The average molecular weight is 564 g/mol. The number of thiazole rings is 1. The smallest absolute Gasteiger partial charge is 0.283 e. The number of hydrogen-bond acceptors (Lipinski definition) is 8. The van der Waals surface area contributed by atoms with Gasteiger partial charge in [-0.1, -0.05) is 6.07 Å². The molecule has 1 unspecified atom stereocenters. The summed E-state index contributed by atoms with van der Waals surface area (Å²) in [7, 11) is 4.48. The highest BCUT2D eigenvalue weighted by molar-refractivity contribution is 7.81. The van der Waals surface area contributed by atoms with E-state index < -0.39 is 23.0 Å². The second kappa shape index (κ2) is 13.4. The number of methoxy groups -OCH3 is 2. The Morgan fingerprint density at radius 1 is 1.18 bits per heavy atom. The molecule has 13 heteroatoms. The summed E-state index contributed by atoms with van der Waals surface area (Å²) in [6, 6.07) is 6.62. The maximum absolute atomic E-state index is 14.0. The van der Waals surface area contributed by atoms with E-state index in [1.54, 1.807) is 36.1 Å². The van der Waals surface area contributed by atoms with Crippen molar-refractivity contribution in [1.29, 1.82) is 0 Å². The summed E-state index contributed by atoms with van der Waals surface area (Å²) < 4.78 is 41.3. The number of pyridine rings is 1. The van der Waals surface area contributed by atoms with Crippen molar-refractivity contribution >= 4 is 34.3 Å². The number of carbonyl (C=O) groups excluding carboxylic acids is 2. The molecule has 204 valence electrons. The van der Waals surface area contributed by atoms with E-state index in [0.29, 0.717) is 45.4 Å². The minimum Gasteiger partial charge on any atom is -0.496 e. The molecule has 0 bridgehead atoms. The van der Waals surface area contributed by atoms with E-state index >= 15 is 0 Å². The van der Waals surface area contributed by atoms with Crippen molar-refractivity contribution in [1.82, 2.24) is 24.3 Å². The molecular formula is C25H30FN5O5S2. The second-order valence-electron chi connectivity index (χ2n) is 8.21. The van der Waals surface area contributed by atoms with Crippen LogP contribution in [0.1, 0.15) is 48.3 Å². The zero-order valence-electron chi connectivity index (χ0n) is 21.8. The molecule has 0 aliphatic heterocycles. The molecule has 2 aromatic heterocycles. The zero-order valence-corrected chi connectivity index (χ0v) is 23.4. The number of benzene rings is 1. The fourth-order valence-corrected chi connectivity index (χ4v) is 5.10. The van der Waals surface area contributed by atoms with Gasteiger partial charge in [-0.2, -0.15) is 4.39 Å². The zero-order chi connectivity index (χ0) is 27.8. The van der Waals surface area contributed by atoms with Crippen molar-refractivity contribution in [3.8, 4) is 11.5 Å². The number of nitrogens with zero attached hydrogens (tertiary/aromatic N) is 3. The molecule has 1 atom stereocenters. The van der Waals surface area contributed by atoms with Crippen LogP contribution in [0.4, 0.5) is 4.39 Å². The number of halogens is 1. The molecule has 0 aliphatic rings. The minimum atomic E-state index is -1.74. The molecule has 2 heterocycles. The third-order valence-electron chi connectivity index (χ3n) is 5.75. The fraction of sp³-hybridized carbons (Fsp3) is 0.360. The third-order valence-corrected chi connectivity index (χ3v) is 7.45. The highest BCUT2D eigenvalue weighted by atomic mass is 32.2. The van der Waals surface area contributed by atoms with Gasteiger partial charge >= 0.3 is 0 Å². The summed E-state index contributed by atoms with van der Waals surface area (Å²) in [6.07, 6.45) is 2.23. The molecule has 3 rings (SSSR count). The summed E-state index contributed by atoms with van der Waals surface area (Å²) in [5.41, 5.74) is 1.71. The highest BCUT2D eigenvalue weighted by Gasteiger charge is 2.23. The number of hydrogen-bond donors (Lipinski definition) is 2. The molecule has 0 fully saturated rings. The van der Waals surface area contributed by atoms with E-state index in [2.05, 4.69) is 19.4 Å². The Bertz CT molecular complexity index is 1310. The van der Waals surface area contributed by atoms with Gasteiger partial charge in [0.25, 0.3) is 11.8 Å². The van der Waals surface area contributed by atoms with Crippen molar-refractivity contribution < 1.29 is 27.7 Å². The average Bonchev–Trinajstić information content (AvgIpc) is 3.28. The number of ether oxygens (including phenoxy) is 2. The molecule has 2 N–H and O–H groups in total. The van der Waals surface area contributed by atoms with Crippen LogP contribution in [-0.4, -0.2) is 58.7 Å². The van der Waals surface area contributed by atoms with Gasteiger partial charge < -0.3 is 14.4 Å². The summed E-state index contributed by atoms with van der Waals surface area (Å²) in [6.45, 7) is 3.96. The lowest BCUT2D eigenvalue weighted by atomic mass is 10.1. The molecule has 0 spiro atoms. The number of nitrogens with one attached hydrogen (secondary N) is 2. The normalized spacial score (nSPS) is 11.6. The maximum atomic E-state index is 14.0. The number of aryl methyl sites for hydroxylation is 2. The number of aromatic nitrogens is 2. The molecule has 1 aromatic carbocycles. The summed E-state index contributed by atoms with van der Waals surface area (Å²) in [5.74, 6) is -0.416. The van der Waals surface area contributed by atoms with Crippen molar-refractivity contribution in [3.05, 3.63) is 68.7 Å². The number of carbonyl (C=O) groups is 2. The maximum Gasteiger partial charge on any atom is 0.283 e. The van der Waals surface area contributed by atoms with E-state index in [-0.39, 0.29) is 24.7 Å². The van der Waals surface area contributed by atoms with Crippen molar-refractivity contribution in [2.45, 2.75) is 33.2 Å². The minimum absolute atomic E-state index is 0.112. The van der Waals surface area contributed by atoms with E-state index in [9.17, 15) is 18.2 Å². The standard InChI is InChI=1S/C25H30FN5O5S2/c1-15-19(35-4)12-18(13-20(15)36-5)25(33)31(11-7-9-17-8-6-10-28-23(17)26)14-21-29-22(16(2)37-21)24(32)30-38(34)27-3/h6,8,10,12-13,27H,7,9,11,14H2,1-5H3,(H,30,32). The van der Waals surface area contributed by atoms with Gasteiger partial charge in [-0.15, -0.1) is 11.3 Å². The monoisotopic (exact) mass is 563 g/mol. The van der Waals surface area contributed by atoms with E-state index in [0.717, 1.165) is 5.56 Å². The van der Waals surface area contributed by atoms with Crippen LogP contribution >= 0.6 is 11.3 Å². The topological polar surface area (TPSA) is 123 Å². The quantitative estimate of drug-likeness (QED) is 0.325. The SMILES string of the molecule is CNS(=O)NC(=O)c1nc(CN(CCCc2cccnc2F)C(=O)c2cc(OC)c(C)c(OC)c2)sc1C. The molecule has 2 amide bonds. The Morgan fingerprint density at radius 3 is 2.47 bits per heavy atom. The van der Waals surface area contributed by atoms with E-state index in [1.807, 2.05) is 6.92 Å². The van der Waals surface area contributed by atoms with Crippen molar-refractivity contribution in [2.75, 3.05) is 27.8 Å². The Kier molecular flexibility index (Phi) is 10.3. The Hall–Kier alpha value is -3.42. The van der Waals surface area contributed by atoms with Crippen molar-refractivity contribution in [2.24, 2.45) is 0 Å². The molecule has 10 nitrogen and oxygen atoms in total. The molecule has 0 aliphatic carbocycles. The van der Waals surface area contributed by atoms with Gasteiger partial charge in [0.15, 0.2) is 11.2 Å². The van der Waals surface area contributed by atoms with Crippen LogP contribution < -0.4 is 18.9 Å². The lowest BCUT2D eigenvalue weighted by molar-refractivity contribution is 0.0740. The Balaban J connectivity index is 1.88. The third kappa shape index (κ3) is 7.11. The van der Waals surface area contributed by atoms with E-state index in [4.69, 9.17) is 9.47 Å². The van der Waals surface area contributed by atoms with E-state index in [1.165, 1.54) is 38.8 Å². The second-order valence-corrected chi connectivity index (χ2v) is 10.6. The van der Waals surface area contributed by atoms with Gasteiger partial charge in [0.1, 0.15) is 22.2 Å². The van der Waals surface area contributed by atoms with Gasteiger partial charge in [0.2, 0.25) is 5.95 Å². The Labute approximate surface area is 227 Å². The summed E-state index contributed by atoms with van der Waals surface area (Å²) in [4.78, 5) is 36.5. The van der Waals surface area contributed by atoms with Crippen LogP contribution in [0.5, 0.6) is 11.5 Å². The van der Waals surface area contributed by atoms with Crippen LogP contribution in [0.25, 0.3) is 0 Å². The van der Waals surface area contributed by atoms with Gasteiger partial charge in [-0.05, 0) is 51.9 Å². The van der Waals surface area contributed by atoms with Crippen LogP contribution in [-0.2, 0) is 24.1 Å². The van der Waals surface area contributed by atoms with Gasteiger partial charge in [0.05, 0.1) is 20.8 Å². The molecular weight excluding hydrogens is 533 g/mol. The van der Waals surface area contributed by atoms with Crippen LogP contribution in [0.3, 0.4) is 0 Å².